The van der Waals surface area contributed by atoms with Gasteiger partial charge in [0.25, 0.3) is 0 Å². The van der Waals surface area contributed by atoms with Gasteiger partial charge in [0, 0.05) is 5.33 Å². The maximum atomic E-state index is 5.26. The molecule has 0 unspecified atom stereocenters. The van der Waals surface area contributed by atoms with E-state index in [1.165, 1.54) is 11.1 Å². The van der Waals surface area contributed by atoms with Gasteiger partial charge in [-0.25, -0.2) is 0 Å². The third-order valence-electron chi connectivity index (χ3n) is 2.90. The zero-order chi connectivity index (χ0) is 11.5. The number of rotatable bonds is 4. The summed E-state index contributed by atoms with van der Waals surface area (Å²) in [4.78, 5) is 0. The van der Waals surface area contributed by atoms with E-state index in [9.17, 15) is 0 Å². The predicted molar refractivity (Wildman–Crippen MR) is 69.2 cm³/mol. The number of aryl methyl sites for hydroxylation is 1. The quantitative estimate of drug-likeness (QED) is 0.750. The van der Waals surface area contributed by atoms with Gasteiger partial charge in [-0.15, -0.1) is 0 Å². The van der Waals surface area contributed by atoms with E-state index in [1.807, 2.05) is 0 Å². The molecular formula is C13H19BrO. The number of methoxy groups -OCH3 is 1. The largest absolute Gasteiger partial charge is 0.496 e. The molecule has 1 aromatic rings. The minimum absolute atomic E-state index is 0.223. The summed E-state index contributed by atoms with van der Waals surface area (Å²) < 4.78 is 5.26. The van der Waals surface area contributed by atoms with Crippen LogP contribution in [0.3, 0.4) is 0 Å². The van der Waals surface area contributed by atoms with Crippen molar-refractivity contribution in [1.82, 2.24) is 0 Å². The van der Waals surface area contributed by atoms with Gasteiger partial charge in [0.05, 0.1) is 7.11 Å². The Morgan fingerprint density at radius 3 is 2.47 bits per heavy atom. The van der Waals surface area contributed by atoms with Gasteiger partial charge in [-0.3, -0.25) is 0 Å². The van der Waals surface area contributed by atoms with Crippen molar-refractivity contribution in [2.75, 3.05) is 12.4 Å². The van der Waals surface area contributed by atoms with Gasteiger partial charge in [-0.2, -0.15) is 0 Å². The first kappa shape index (κ1) is 12.6. The van der Waals surface area contributed by atoms with Gasteiger partial charge in [-0.1, -0.05) is 41.9 Å². The van der Waals surface area contributed by atoms with Gasteiger partial charge < -0.3 is 4.74 Å². The third-order valence-corrected chi connectivity index (χ3v) is 3.29. The Morgan fingerprint density at radius 2 is 2.00 bits per heavy atom. The summed E-state index contributed by atoms with van der Waals surface area (Å²) in [5, 5.41) is 1.03. The highest BCUT2D eigenvalue weighted by Gasteiger charge is 2.20. The van der Waals surface area contributed by atoms with Gasteiger partial charge >= 0.3 is 0 Å². The molecule has 84 valence electrons. The normalized spacial score (nSPS) is 11.5. The highest BCUT2D eigenvalue weighted by molar-refractivity contribution is 9.09. The van der Waals surface area contributed by atoms with E-state index in [1.54, 1.807) is 7.11 Å². The highest BCUT2D eigenvalue weighted by atomic mass is 79.9. The summed E-state index contributed by atoms with van der Waals surface area (Å²) in [5.41, 5.74) is 2.80. The Labute approximate surface area is 101 Å². The van der Waals surface area contributed by atoms with Crippen LogP contribution in [0.25, 0.3) is 0 Å². The van der Waals surface area contributed by atoms with Crippen molar-refractivity contribution >= 4 is 15.9 Å². The molecule has 0 fully saturated rings. The van der Waals surface area contributed by atoms with Crippen LogP contribution >= 0.6 is 15.9 Å². The third kappa shape index (κ3) is 2.97. The molecule has 0 radical (unpaired) electrons. The molecule has 2 heteroatoms. The van der Waals surface area contributed by atoms with E-state index in [0.29, 0.717) is 0 Å². The summed E-state index contributed by atoms with van der Waals surface area (Å²) in [7, 11) is 1.71. The first-order valence-corrected chi connectivity index (χ1v) is 6.34. The smallest absolute Gasteiger partial charge is 0.121 e. The summed E-state index contributed by atoms with van der Waals surface area (Å²) >= 11 is 3.50. The van der Waals surface area contributed by atoms with Crippen molar-refractivity contribution < 1.29 is 4.74 Å². The molecular weight excluding hydrogens is 252 g/mol. The summed E-state index contributed by atoms with van der Waals surface area (Å²) in [5.74, 6) is 0.966. The van der Waals surface area contributed by atoms with Crippen LogP contribution in [0, 0.1) is 6.92 Å². The maximum Gasteiger partial charge on any atom is 0.121 e. The Bertz CT molecular complexity index is 331. The zero-order valence-corrected chi connectivity index (χ0v) is 11.5. The average Bonchev–Trinajstić information content (AvgIpc) is 2.17. The van der Waals surface area contributed by atoms with Crippen molar-refractivity contribution in [2.45, 2.75) is 32.6 Å². The molecule has 0 atom stereocenters. The Hall–Kier alpha value is -0.500. The molecule has 0 aliphatic carbocycles. The number of ether oxygens (including phenoxy) is 1. The lowest BCUT2D eigenvalue weighted by Crippen LogP contribution is -2.17. The predicted octanol–water partition coefficient (Wildman–Crippen LogP) is 4.07. The van der Waals surface area contributed by atoms with E-state index in [4.69, 9.17) is 4.74 Å². The molecule has 0 N–H and O–H groups in total. The monoisotopic (exact) mass is 270 g/mol. The van der Waals surface area contributed by atoms with Crippen molar-refractivity contribution in [2.24, 2.45) is 0 Å². The van der Waals surface area contributed by atoms with Crippen LogP contribution in [0.15, 0.2) is 18.2 Å². The van der Waals surface area contributed by atoms with Gasteiger partial charge in [0.1, 0.15) is 5.75 Å². The van der Waals surface area contributed by atoms with E-state index in [-0.39, 0.29) is 5.41 Å². The second-order valence-electron chi connectivity index (χ2n) is 4.51. The molecule has 0 amide bonds. The van der Waals surface area contributed by atoms with Gasteiger partial charge in [0.15, 0.2) is 0 Å². The molecule has 0 aliphatic rings. The minimum Gasteiger partial charge on any atom is -0.496 e. The first-order valence-electron chi connectivity index (χ1n) is 5.22. The molecule has 0 aliphatic heterocycles. The van der Waals surface area contributed by atoms with E-state index < -0.39 is 0 Å². The first-order chi connectivity index (χ1) is 7.01. The topological polar surface area (TPSA) is 9.23 Å². The Kier molecular flexibility index (Phi) is 4.21. The standard InChI is InChI=1S/C13H19BrO/c1-10-9-11(5-6-12(10)15-4)13(2,3)7-8-14/h5-6,9H,7-8H2,1-4H3. The van der Waals surface area contributed by atoms with E-state index in [0.717, 1.165) is 17.5 Å². The van der Waals surface area contributed by atoms with E-state index >= 15 is 0 Å². The van der Waals surface area contributed by atoms with Crippen LogP contribution in [-0.2, 0) is 5.41 Å². The number of alkyl halides is 1. The lowest BCUT2D eigenvalue weighted by atomic mass is 9.81. The van der Waals surface area contributed by atoms with Crippen molar-refractivity contribution in [3.8, 4) is 5.75 Å². The minimum atomic E-state index is 0.223. The highest BCUT2D eigenvalue weighted by Crippen LogP contribution is 2.30. The molecule has 0 saturated carbocycles. The number of hydrogen-bond acceptors (Lipinski definition) is 1. The van der Waals surface area contributed by atoms with Crippen LogP contribution < -0.4 is 4.74 Å². The lowest BCUT2D eigenvalue weighted by Gasteiger charge is -2.25. The molecule has 1 rings (SSSR count). The fourth-order valence-corrected chi connectivity index (χ4v) is 2.67. The average molecular weight is 271 g/mol. The summed E-state index contributed by atoms with van der Waals surface area (Å²) in [6, 6.07) is 6.44. The fourth-order valence-electron chi connectivity index (χ4n) is 1.68. The number of halogens is 1. The molecule has 0 saturated heterocycles. The van der Waals surface area contributed by atoms with Gasteiger partial charge in [0.2, 0.25) is 0 Å². The van der Waals surface area contributed by atoms with E-state index in [2.05, 4.69) is 54.9 Å². The van der Waals surface area contributed by atoms with Crippen molar-refractivity contribution in [1.29, 1.82) is 0 Å². The van der Waals surface area contributed by atoms with Crippen LogP contribution in [0.1, 0.15) is 31.4 Å². The lowest BCUT2D eigenvalue weighted by molar-refractivity contribution is 0.410. The summed E-state index contributed by atoms with van der Waals surface area (Å²) in [6.45, 7) is 6.64. The van der Waals surface area contributed by atoms with Crippen LogP contribution in [0.4, 0.5) is 0 Å². The molecule has 0 heterocycles. The molecule has 0 bridgehead atoms. The summed E-state index contributed by atoms with van der Waals surface area (Å²) in [6.07, 6.45) is 1.14. The fraction of sp³-hybridized carbons (Fsp3) is 0.538. The maximum absolute atomic E-state index is 5.26. The second kappa shape index (κ2) is 5.02. The molecule has 1 nitrogen and oxygen atoms in total. The zero-order valence-electron chi connectivity index (χ0n) is 9.93. The Balaban J connectivity index is 3.01. The molecule has 1 aromatic carbocycles. The van der Waals surface area contributed by atoms with Gasteiger partial charge in [-0.05, 0) is 36.0 Å². The molecule has 0 spiro atoms. The molecule has 15 heavy (non-hydrogen) atoms. The van der Waals surface area contributed by atoms with Crippen LogP contribution in [0.2, 0.25) is 0 Å². The molecule has 0 aromatic heterocycles. The number of hydrogen-bond donors (Lipinski definition) is 0. The number of benzene rings is 1. The Morgan fingerprint density at radius 1 is 1.33 bits per heavy atom. The second-order valence-corrected chi connectivity index (χ2v) is 5.30. The van der Waals surface area contributed by atoms with Crippen molar-refractivity contribution in [3.05, 3.63) is 29.3 Å². The van der Waals surface area contributed by atoms with Crippen LogP contribution in [0.5, 0.6) is 5.75 Å². The van der Waals surface area contributed by atoms with Crippen LogP contribution in [-0.4, -0.2) is 12.4 Å². The van der Waals surface area contributed by atoms with Crippen molar-refractivity contribution in [3.63, 3.8) is 0 Å². The SMILES string of the molecule is COc1ccc(C(C)(C)CCBr)cc1C.